The van der Waals surface area contributed by atoms with Crippen LogP contribution in [0.1, 0.15) is 10.5 Å². The normalized spacial score (nSPS) is 10.4. The lowest BCUT2D eigenvalue weighted by Crippen LogP contribution is -2.12. The van der Waals surface area contributed by atoms with Crippen LogP contribution >= 0.6 is 0 Å². The van der Waals surface area contributed by atoms with E-state index >= 15 is 0 Å². The number of fused-ring (bicyclic) bond motifs is 1. The minimum Gasteiger partial charge on any atom is -0.494 e. The molecule has 1 aromatic carbocycles. The zero-order valence-corrected chi connectivity index (χ0v) is 10.8. The number of pyridine rings is 1. The molecule has 0 unspecified atom stereocenters. The summed E-state index contributed by atoms with van der Waals surface area (Å²) in [6, 6.07) is 8.87. The average Bonchev–Trinajstić information content (AvgIpc) is 3.02. The van der Waals surface area contributed by atoms with Gasteiger partial charge in [-0.2, -0.15) is 5.10 Å². The average molecular weight is 268 g/mol. The van der Waals surface area contributed by atoms with Gasteiger partial charge in [0.25, 0.3) is 5.91 Å². The van der Waals surface area contributed by atoms with Crippen molar-refractivity contribution < 1.29 is 9.53 Å². The summed E-state index contributed by atoms with van der Waals surface area (Å²) in [6.07, 6.45) is 3.22. The number of nitrogens with zero attached hydrogens (tertiary/aromatic N) is 2. The molecule has 0 bridgehead atoms. The van der Waals surface area contributed by atoms with Crippen molar-refractivity contribution in [1.82, 2.24) is 15.2 Å². The van der Waals surface area contributed by atoms with Crippen LogP contribution in [0.4, 0.5) is 5.69 Å². The molecule has 6 nitrogen and oxygen atoms in total. The van der Waals surface area contributed by atoms with Gasteiger partial charge in [-0.25, -0.2) is 0 Å². The minimum absolute atomic E-state index is 0.252. The molecule has 0 saturated heterocycles. The molecule has 0 atom stereocenters. The van der Waals surface area contributed by atoms with Gasteiger partial charge in [0.1, 0.15) is 17.0 Å². The fourth-order valence-electron chi connectivity index (χ4n) is 1.99. The Bertz CT molecular complexity index is 753. The molecule has 1 amide bonds. The van der Waals surface area contributed by atoms with Crippen molar-refractivity contribution in [1.29, 1.82) is 0 Å². The lowest BCUT2D eigenvalue weighted by atomic mass is 10.1. The smallest absolute Gasteiger partial charge is 0.273 e. The van der Waals surface area contributed by atoms with E-state index in [0.717, 1.165) is 5.39 Å². The number of H-pyrrole nitrogens is 1. The monoisotopic (exact) mass is 268 g/mol. The van der Waals surface area contributed by atoms with E-state index in [0.29, 0.717) is 22.6 Å². The second-order valence-electron chi connectivity index (χ2n) is 4.14. The van der Waals surface area contributed by atoms with Crippen molar-refractivity contribution in [3.63, 3.8) is 0 Å². The Kier molecular flexibility index (Phi) is 3.04. The fraction of sp³-hybridized carbons (Fsp3) is 0.0714. The van der Waals surface area contributed by atoms with Gasteiger partial charge in [-0.3, -0.25) is 14.9 Å². The number of hydrogen-bond acceptors (Lipinski definition) is 4. The number of hydrogen-bond donors (Lipinski definition) is 2. The number of aromatic nitrogens is 3. The fourth-order valence-corrected chi connectivity index (χ4v) is 1.99. The summed E-state index contributed by atoms with van der Waals surface area (Å²) in [5.41, 5.74) is 1.78. The van der Waals surface area contributed by atoms with E-state index in [4.69, 9.17) is 4.74 Å². The molecule has 20 heavy (non-hydrogen) atoms. The highest BCUT2D eigenvalue weighted by molar-refractivity contribution is 6.08. The van der Waals surface area contributed by atoms with Gasteiger partial charge in [-0.15, -0.1) is 0 Å². The molecule has 0 aliphatic carbocycles. The number of carbonyl (C=O) groups is 1. The molecule has 0 aliphatic rings. The Morgan fingerprint density at radius 2 is 2.15 bits per heavy atom. The largest absolute Gasteiger partial charge is 0.494 e. The molecule has 100 valence electrons. The number of nitrogens with one attached hydrogen (secondary N) is 2. The number of methoxy groups -OCH3 is 1. The third-order valence-corrected chi connectivity index (χ3v) is 2.95. The number of aromatic amines is 1. The molecule has 0 fully saturated rings. The van der Waals surface area contributed by atoms with E-state index in [1.165, 1.54) is 6.20 Å². The maximum Gasteiger partial charge on any atom is 0.273 e. The number of benzene rings is 1. The Morgan fingerprint density at radius 1 is 1.25 bits per heavy atom. The molecule has 0 saturated carbocycles. The number of ether oxygens (including phenoxy) is 1. The van der Waals surface area contributed by atoms with Crippen LogP contribution < -0.4 is 10.1 Å². The van der Waals surface area contributed by atoms with Crippen LogP contribution in [0, 0.1) is 0 Å². The lowest BCUT2D eigenvalue weighted by molar-refractivity contribution is 0.102. The molecular weight excluding hydrogens is 256 g/mol. The van der Waals surface area contributed by atoms with Crippen LogP contribution in [-0.4, -0.2) is 28.2 Å². The van der Waals surface area contributed by atoms with Crippen LogP contribution in [0.3, 0.4) is 0 Å². The van der Waals surface area contributed by atoms with Gasteiger partial charge >= 0.3 is 0 Å². The third kappa shape index (κ3) is 2.07. The van der Waals surface area contributed by atoms with E-state index in [2.05, 4.69) is 20.5 Å². The van der Waals surface area contributed by atoms with Crippen molar-refractivity contribution in [2.75, 3.05) is 12.4 Å². The summed E-state index contributed by atoms with van der Waals surface area (Å²) >= 11 is 0. The number of anilines is 1. The molecule has 0 spiro atoms. The van der Waals surface area contributed by atoms with E-state index in [-0.39, 0.29) is 5.91 Å². The van der Waals surface area contributed by atoms with Crippen LogP contribution in [0.2, 0.25) is 0 Å². The first-order chi connectivity index (χ1) is 9.79. The van der Waals surface area contributed by atoms with Crippen LogP contribution in [0.15, 0.2) is 42.7 Å². The molecular formula is C14H12N4O2. The topological polar surface area (TPSA) is 79.9 Å². The molecule has 3 aromatic rings. The van der Waals surface area contributed by atoms with E-state index < -0.39 is 0 Å². The Morgan fingerprint density at radius 3 is 2.90 bits per heavy atom. The Balaban J connectivity index is 2.02. The number of amides is 1. The predicted octanol–water partition coefficient (Wildman–Crippen LogP) is 2.22. The van der Waals surface area contributed by atoms with E-state index in [1.807, 2.05) is 12.1 Å². The number of rotatable bonds is 3. The first-order valence-corrected chi connectivity index (χ1v) is 6.02. The zero-order valence-electron chi connectivity index (χ0n) is 10.8. The van der Waals surface area contributed by atoms with Gasteiger partial charge < -0.3 is 10.1 Å². The van der Waals surface area contributed by atoms with E-state index in [9.17, 15) is 4.79 Å². The first kappa shape index (κ1) is 12.2. The predicted molar refractivity (Wildman–Crippen MR) is 74.8 cm³/mol. The Hall–Kier alpha value is -2.89. The standard InChI is InChI=1S/C14H12N4O2/c1-20-12-5-4-10(9-3-2-7-15-13(9)12)17-14(19)11-6-8-16-18-11/h2-8H,1H3,(H,16,18)(H,17,19). The zero-order chi connectivity index (χ0) is 13.9. The van der Waals surface area contributed by atoms with Crippen molar-refractivity contribution >= 4 is 22.5 Å². The van der Waals surface area contributed by atoms with Gasteiger partial charge in [0.2, 0.25) is 0 Å². The second-order valence-corrected chi connectivity index (χ2v) is 4.14. The quantitative estimate of drug-likeness (QED) is 0.763. The van der Waals surface area contributed by atoms with Crippen molar-refractivity contribution in [2.24, 2.45) is 0 Å². The maximum absolute atomic E-state index is 12.0. The SMILES string of the molecule is COc1ccc(NC(=O)c2ccn[nH]2)c2cccnc12. The van der Waals surface area contributed by atoms with E-state index in [1.54, 1.807) is 31.5 Å². The van der Waals surface area contributed by atoms with Gasteiger partial charge in [0, 0.05) is 17.8 Å². The molecule has 0 aliphatic heterocycles. The summed E-state index contributed by atoms with van der Waals surface area (Å²) < 4.78 is 5.27. The summed E-state index contributed by atoms with van der Waals surface area (Å²) in [6.45, 7) is 0. The van der Waals surface area contributed by atoms with Gasteiger partial charge in [-0.1, -0.05) is 0 Å². The van der Waals surface area contributed by atoms with Gasteiger partial charge in [-0.05, 0) is 30.3 Å². The van der Waals surface area contributed by atoms with Crippen LogP contribution in [0.5, 0.6) is 5.75 Å². The molecule has 6 heteroatoms. The minimum atomic E-state index is -0.252. The highest BCUT2D eigenvalue weighted by Gasteiger charge is 2.11. The third-order valence-electron chi connectivity index (χ3n) is 2.95. The molecule has 3 rings (SSSR count). The molecule has 2 heterocycles. The summed E-state index contributed by atoms with van der Waals surface area (Å²) in [4.78, 5) is 16.3. The van der Waals surface area contributed by atoms with Crippen LogP contribution in [-0.2, 0) is 0 Å². The van der Waals surface area contributed by atoms with Crippen molar-refractivity contribution in [3.05, 3.63) is 48.4 Å². The summed E-state index contributed by atoms with van der Waals surface area (Å²) in [5, 5.41) is 10.0. The molecule has 0 radical (unpaired) electrons. The van der Waals surface area contributed by atoms with Gasteiger partial charge in [0.05, 0.1) is 12.8 Å². The maximum atomic E-state index is 12.0. The van der Waals surface area contributed by atoms with Gasteiger partial charge in [0.15, 0.2) is 0 Å². The Labute approximate surface area is 114 Å². The molecule has 2 aromatic heterocycles. The number of carbonyl (C=O) groups excluding carboxylic acids is 1. The van der Waals surface area contributed by atoms with Crippen LogP contribution in [0.25, 0.3) is 10.9 Å². The highest BCUT2D eigenvalue weighted by atomic mass is 16.5. The first-order valence-electron chi connectivity index (χ1n) is 6.02. The van der Waals surface area contributed by atoms with Crippen molar-refractivity contribution in [2.45, 2.75) is 0 Å². The second kappa shape index (κ2) is 5.00. The summed E-state index contributed by atoms with van der Waals surface area (Å²) in [7, 11) is 1.59. The summed E-state index contributed by atoms with van der Waals surface area (Å²) in [5.74, 6) is 0.415. The lowest BCUT2D eigenvalue weighted by Gasteiger charge is -2.10. The highest BCUT2D eigenvalue weighted by Crippen LogP contribution is 2.29. The molecule has 2 N–H and O–H groups in total. The van der Waals surface area contributed by atoms with Crippen molar-refractivity contribution in [3.8, 4) is 5.75 Å².